The first-order valence-electron chi connectivity index (χ1n) is 12.0. The molecule has 5 aromatic rings. The second-order valence-electron chi connectivity index (χ2n) is 8.75. The second kappa shape index (κ2) is 9.90. The zero-order valence-corrected chi connectivity index (χ0v) is 20.2. The lowest BCUT2D eigenvalue weighted by Crippen LogP contribution is -2.25. The third-order valence-electron chi connectivity index (χ3n) is 6.38. The number of benzene rings is 2. The largest absolute Gasteiger partial charge is 0.492 e. The van der Waals surface area contributed by atoms with Gasteiger partial charge in [-0.25, -0.2) is 4.52 Å². The summed E-state index contributed by atoms with van der Waals surface area (Å²) in [7, 11) is 0. The predicted octanol–water partition coefficient (Wildman–Crippen LogP) is 6.34. The number of thiophene rings is 1. The van der Waals surface area contributed by atoms with Crippen molar-refractivity contribution >= 4 is 28.6 Å². The summed E-state index contributed by atoms with van der Waals surface area (Å²) in [5.74, 6) is 1.45. The fourth-order valence-electron chi connectivity index (χ4n) is 4.50. The van der Waals surface area contributed by atoms with Gasteiger partial charge in [0.1, 0.15) is 12.4 Å². The van der Waals surface area contributed by atoms with Crippen LogP contribution in [0.4, 0.5) is 11.6 Å². The van der Waals surface area contributed by atoms with E-state index in [9.17, 15) is 0 Å². The molecule has 1 aliphatic rings. The number of ether oxygens (including phenoxy) is 1. The molecule has 1 aliphatic heterocycles. The number of anilines is 2. The van der Waals surface area contributed by atoms with E-state index in [-0.39, 0.29) is 0 Å². The van der Waals surface area contributed by atoms with Crippen LogP contribution in [0.5, 0.6) is 5.75 Å². The minimum Gasteiger partial charge on any atom is -0.492 e. The Morgan fingerprint density at radius 2 is 1.66 bits per heavy atom. The van der Waals surface area contributed by atoms with Crippen molar-refractivity contribution in [2.75, 3.05) is 31.6 Å². The van der Waals surface area contributed by atoms with Gasteiger partial charge in [-0.1, -0.05) is 30.3 Å². The van der Waals surface area contributed by atoms with Crippen LogP contribution < -0.4 is 10.1 Å². The van der Waals surface area contributed by atoms with E-state index in [1.54, 1.807) is 11.3 Å². The van der Waals surface area contributed by atoms with Crippen LogP contribution in [0.3, 0.4) is 0 Å². The van der Waals surface area contributed by atoms with Gasteiger partial charge < -0.3 is 10.1 Å². The van der Waals surface area contributed by atoms with E-state index in [2.05, 4.69) is 62.4 Å². The molecule has 3 aromatic heterocycles. The quantitative estimate of drug-likeness (QED) is 0.280. The van der Waals surface area contributed by atoms with Crippen LogP contribution in [0.25, 0.3) is 28.0 Å². The van der Waals surface area contributed by atoms with Crippen LogP contribution in [0.1, 0.15) is 12.8 Å². The van der Waals surface area contributed by atoms with E-state index in [1.807, 2.05) is 40.9 Å². The highest BCUT2D eigenvalue weighted by Crippen LogP contribution is 2.27. The summed E-state index contributed by atoms with van der Waals surface area (Å²) >= 11 is 1.71. The molecule has 0 spiro atoms. The van der Waals surface area contributed by atoms with Crippen LogP contribution in [0.15, 0.2) is 83.6 Å². The Balaban J connectivity index is 1.15. The molecule has 0 bridgehead atoms. The van der Waals surface area contributed by atoms with Crippen molar-refractivity contribution in [3.8, 4) is 28.1 Å². The van der Waals surface area contributed by atoms with Crippen molar-refractivity contribution in [3.63, 3.8) is 0 Å². The van der Waals surface area contributed by atoms with Crippen molar-refractivity contribution in [1.29, 1.82) is 0 Å². The number of nitrogens with one attached hydrogen (secondary N) is 1. The average molecular weight is 482 g/mol. The smallest absolute Gasteiger partial charge is 0.247 e. The third kappa shape index (κ3) is 4.92. The second-order valence-corrected chi connectivity index (χ2v) is 9.53. The Morgan fingerprint density at radius 1 is 0.857 bits per heavy atom. The molecule has 0 amide bonds. The van der Waals surface area contributed by atoms with E-state index in [1.165, 1.54) is 37.1 Å². The highest BCUT2D eigenvalue weighted by molar-refractivity contribution is 7.08. The molecular formula is C28H27N5OS. The molecular weight excluding hydrogens is 454 g/mol. The molecule has 0 unspecified atom stereocenters. The van der Waals surface area contributed by atoms with Crippen molar-refractivity contribution in [1.82, 2.24) is 19.5 Å². The Kier molecular flexibility index (Phi) is 6.17. The van der Waals surface area contributed by atoms with Gasteiger partial charge in [0.25, 0.3) is 0 Å². The first-order chi connectivity index (χ1) is 17.3. The van der Waals surface area contributed by atoms with Gasteiger partial charge in [-0.15, -0.1) is 5.10 Å². The Labute approximate surface area is 208 Å². The number of nitrogens with zero attached hydrogens (tertiary/aromatic N) is 4. The molecule has 4 heterocycles. The number of aromatic nitrogens is 3. The lowest BCUT2D eigenvalue weighted by atomic mass is 10.0. The molecule has 1 fully saturated rings. The van der Waals surface area contributed by atoms with E-state index < -0.39 is 0 Å². The molecule has 35 heavy (non-hydrogen) atoms. The maximum absolute atomic E-state index is 5.91. The van der Waals surface area contributed by atoms with Gasteiger partial charge in [-0.05, 0) is 90.3 Å². The van der Waals surface area contributed by atoms with Gasteiger partial charge in [-0.2, -0.15) is 16.3 Å². The molecule has 0 saturated carbocycles. The molecule has 7 heteroatoms. The molecule has 0 aliphatic carbocycles. The number of rotatable bonds is 8. The van der Waals surface area contributed by atoms with Crippen molar-refractivity contribution in [2.45, 2.75) is 12.8 Å². The van der Waals surface area contributed by atoms with E-state index in [0.717, 1.165) is 41.5 Å². The lowest BCUT2D eigenvalue weighted by molar-refractivity contribution is 0.238. The molecule has 0 atom stereocenters. The minimum atomic E-state index is 0.565. The topological polar surface area (TPSA) is 54.7 Å². The number of fused-ring (bicyclic) bond motifs is 1. The summed E-state index contributed by atoms with van der Waals surface area (Å²) in [6.07, 6.45) is 2.61. The van der Waals surface area contributed by atoms with Gasteiger partial charge in [0.05, 0.1) is 5.69 Å². The first-order valence-corrected chi connectivity index (χ1v) is 13.0. The zero-order valence-electron chi connectivity index (χ0n) is 19.4. The summed E-state index contributed by atoms with van der Waals surface area (Å²) < 4.78 is 7.80. The van der Waals surface area contributed by atoms with Crippen LogP contribution >= 0.6 is 11.3 Å². The summed E-state index contributed by atoms with van der Waals surface area (Å²) in [5.41, 5.74) is 6.29. The normalized spacial score (nSPS) is 13.9. The van der Waals surface area contributed by atoms with Crippen molar-refractivity contribution < 1.29 is 4.74 Å². The fourth-order valence-corrected chi connectivity index (χ4v) is 5.17. The van der Waals surface area contributed by atoms with E-state index in [4.69, 9.17) is 9.84 Å². The highest BCUT2D eigenvalue weighted by atomic mass is 32.1. The van der Waals surface area contributed by atoms with Crippen LogP contribution in [0, 0.1) is 0 Å². The average Bonchev–Trinajstić information content (AvgIpc) is 3.67. The SMILES string of the molecule is c1cc(-c2ccc(-c3ccsc3)cc2)n2nc(Nc3ccc(OCCN4CCCC4)cc3)nc2c1. The molecule has 0 radical (unpaired) electrons. The Hall–Kier alpha value is -3.68. The molecule has 176 valence electrons. The van der Waals surface area contributed by atoms with Crippen LogP contribution in [-0.2, 0) is 0 Å². The van der Waals surface area contributed by atoms with Crippen LogP contribution in [-0.4, -0.2) is 45.7 Å². The molecule has 1 N–H and O–H groups in total. The van der Waals surface area contributed by atoms with E-state index in [0.29, 0.717) is 5.95 Å². The zero-order chi connectivity index (χ0) is 23.5. The maximum atomic E-state index is 5.91. The van der Waals surface area contributed by atoms with E-state index >= 15 is 0 Å². The van der Waals surface area contributed by atoms with Crippen molar-refractivity contribution in [2.24, 2.45) is 0 Å². The minimum absolute atomic E-state index is 0.565. The van der Waals surface area contributed by atoms with Crippen LogP contribution in [0.2, 0.25) is 0 Å². The Morgan fingerprint density at radius 3 is 2.43 bits per heavy atom. The summed E-state index contributed by atoms with van der Waals surface area (Å²) in [5, 5.41) is 12.3. The molecule has 6 nitrogen and oxygen atoms in total. The molecule has 1 saturated heterocycles. The number of pyridine rings is 1. The van der Waals surface area contributed by atoms with Gasteiger partial charge in [-0.3, -0.25) is 4.90 Å². The predicted molar refractivity (Wildman–Crippen MR) is 143 cm³/mol. The molecule has 6 rings (SSSR count). The van der Waals surface area contributed by atoms with Gasteiger partial charge in [0.2, 0.25) is 5.95 Å². The third-order valence-corrected chi connectivity index (χ3v) is 7.06. The number of likely N-dealkylation sites (tertiary alicyclic amines) is 1. The molecule has 2 aromatic carbocycles. The first kappa shape index (κ1) is 21.8. The number of hydrogen-bond donors (Lipinski definition) is 1. The monoisotopic (exact) mass is 481 g/mol. The lowest BCUT2D eigenvalue weighted by Gasteiger charge is -2.15. The summed E-state index contributed by atoms with van der Waals surface area (Å²) in [6.45, 7) is 4.10. The number of hydrogen-bond acceptors (Lipinski definition) is 6. The van der Waals surface area contributed by atoms with Gasteiger partial charge >= 0.3 is 0 Å². The fraction of sp³-hybridized carbons (Fsp3) is 0.214. The highest BCUT2D eigenvalue weighted by Gasteiger charge is 2.12. The Bertz CT molecular complexity index is 1390. The summed E-state index contributed by atoms with van der Waals surface area (Å²) in [4.78, 5) is 7.13. The maximum Gasteiger partial charge on any atom is 0.247 e. The van der Waals surface area contributed by atoms with Crippen molar-refractivity contribution in [3.05, 3.63) is 83.6 Å². The summed E-state index contributed by atoms with van der Waals surface area (Å²) in [6, 6.07) is 24.8. The van der Waals surface area contributed by atoms with Gasteiger partial charge in [0.15, 0.2) is 5.65 Å². The van der Waals surface area contributed by atoms with Gasteiger partial charge in [0, 0.05) is 17.8 Å². The standard InChI is InChI=1S/C28H27N5OS/c1-2-16-32(15-1)17-18-34-25-12-10-24(11-13-25)29-28-30-27-5-3-4-26(33(27)31-28)22-8-6-21(7-9-22)23-14-19-35-20-23/h3-14,19-20H,1-2,15-18H2,(H,29,31).